The van der Waals surface area contributed by atoms with Gasteiger partial charge < -0.3 is 10.1 Å². The summed E-state index contributed by atoms with van der Waals surface area (Å²) in [5.74, 6) is 0.521. The number of amides is 1. The summed E-state index contributed by atoms with van der Waals surface area (Å²) in [6.07, 6.45) is 3.40. The van der Waals surface area contributed by atoms with Crippen molar-refractivity contribution in [3.63, 3.8) is 0 Å². The zero-order valence-corrected chi connectivity index (χ0v) is 15.2. The van der Waals surface area contributed by atoms with E-state index in [1.54, 1.807) is 0 Å². The Bertz CT molecular complexity index is 653. The minimum absolute atomic E-state index is 0.00686. The molecule has 0 aliphatic carbocycles. The molecule has 2 aromatic rings. The van der Waals surface area contributed by atoms with Crippen LogP contribution in [0.2, 0.25) is 0 Å². The number of benzene rings is 2. The van der Waals surface area contributed by atoms with E-state index < -0.39 is 0 Å². The van der Waals surface area contributed by atoms with E-state index in [4.69, 9.17) is 4.74 Å². The van der Waals surface area contributed by atoms with E-state index in [0.29, 0.717) is 5.75 Å². The van der Waals surface area contributed by atoms with Crippen molar-refractivity contribution in [2.75, 3.05) is 11.9 Å². The molecule has 1 N–H and O–H groups in total. The fraction of sp³-hybridized carbons (Fsp3) is 0.316. The van der Waals surface area contributed by atoms with Crippen LogP contribution in [0.1, 0.15) is 30.9 Å². The largest absolute Gasteiger partial charge is 0.484 e. The van der Waals surface area contributed by atoms with Crippen LogP contribution in [0.25, 0.3) is 0 Å². The summed E-state index contributed by atoms with van der Waals surface area (Å²) in [6.45, 7) is 4.18. The second-order valence-corrected chi connectivity index (χ2v) is 6.42. The van der Waals surface area contributed by atoms with E-state index in [1.807, 2.05) is 37.3 Å². The van der Waals surface area contributed by atoms with Gasteiger partial charge in [-0.25, -0.2) is 0 Å². The fourth-order valence-electron chi connectivity index (χ4n) is 2.17. The Morgan fingerprint density at radius 2 is 1.91 bits per heavy atom. The van der Waals surface area contributed by atoms with Gasteiger partial charge in [-0.2, -0.15) is 0 Å². The number of nitrogens with one attached hydrogen (secondary N) is 1. The first-order valence-corrected chi connectivity index (χ1v) is 8.65. The normalized spacial score (nSPS) is 10.4. The Balaban J connectivity index is 1.88. The molecule has 0 aliphatic heterocycles. The van der Waals surface area contributed by atoms with E-state index in [2.05, 4.69) is 40.3 Å². The third-order valence-electron chi connectivity index (χ3n) is 3.52. The van der Waals surface area contributed by atoms with Gasteiger partial charge in [0.25, 0.3) is 5.91 Å². The first-order valence-electron chi connectivity index (χ1n) is 7.86. The molecule has 0 spiro atoms. The molecule has 0 saturated heterocycles. The Labute approximate surface area is 146 Å². The maximum atomic E-state index is 12.0. The zero-order valence-electron chi connectivity index (χ0n) is 13.6. The predicted octanol–water partition coefficient (Wildman–Crippen LogP) is 5.12. The van der Waals surface area contributed by atoms with Crippen LogP contribution in [0.4, 0.5) is 5.69 Å². The third kappa shape index (κ3) is 5.71. The molecule has 0 radical (unpaired) electrons. The van der Waals surface area contributed by atoms with E-state index in [-0.39, 0.29) is 12.5 Å². The van der Waals surface area contributed by atoms with Crippen LogP contribution in [0.3, 0.4) is 0 Å². The van der Waals surface area contributed by atoms with Crippen LogP contribution in [0.5, 0.6) is 5.75 Å². The second kappa shape index (κ2) is 8.73. The van der Waals surface area contributed by atoms with E-state index in [1.165, 1.54) is 18.4 Å². The van der Waals surface area contributed by atoms with Crippen LogP contribution < -0.4 is 10.1 Å². The second-order valence-electron chi connectivity index (χ2n) is 5.57. The molecule has 23 heavy (non-hydrogen) atoms. The van der Waals surface area contributed by atoms with E-state index >= 15 is 0 Å². The number of carbonyl (C=O) groups is 1. The molecule has 0 heterocycles. The average Bonchev–Trinajstić information content (AvgIpc) is 2.54. The van der Waals surface area contributed by atoms with Gasteiger partial charge in [-0.15, -0.1) is 0 Å². The highest BCUT2D eigenvalue weighted by Gasteiger charge is 2.07. The molecule has 4 heteroatoms. The molecule has 0 fully saturated rings. The third-order valence-corrected chi connectivity index (χ3v) is 4.17. The summed E-state index contributed by atoms with van der Waals surface area (Å²) >= 11 is 3.52. The minimum atomic E-state index is -0.174. The first kappa shape index (κ1) is 17.5. The number of halogens is 1. The summed E-state index contributed by atoms with van der Waals surface area (Å²) < 4.78 is 6.38. The number of aryl methyl sites for hydroxylation is 2. The monoisotopic (exact) mass is 375 g/mol. The van der Waals surface area contributed by atoms with Gasteiger partial charge in [0.15, 0.2) is 6.61 Å². The van der Waals surface area contributed by atoms with Gasteiger partial charge in [0.05, 0.1) is 5.69 Å². The summed E-state index contributed by atoms with van der Waals surface area (Å²) in [4.78, 5) is 12.0. The van der Waals surface area contributed by atoms with Crippen molar-refractivity contribution in [3.05, 3.63) is 58.1 Å². The number of carbonyl (C=O) groups excluding carboxylic acids is 1. The maximum absolute atomic E-state index is 12.0. The molecule has 122 valence electrons. The van der Waals surface area contributed by atoms with Gasteiger partial charge >= 0.3 is 0 Å². The Morgan fingerprint density at radius 1 is 1.17 bits per heavy atom. The maximum Gasteiger partial charge on any atom is 0.262 e. The van der Waals surface area contributed by atoms with Crippen LogP contribution in [-0.4, -0.2) is 12.5 Å². The highest BCUT2D eigenvalue weighted by Crippen LogP contribution is 2.24. The molecule has 0 atom stereocenters. The Hall–Kier alpha value is -1.81. The van der Waals surface area contributed by atoms with Crippen molar-refractivity contribution in [1.82, 2.24) is 0 Å². The van der Waals surface area contributed by atoms with Gasteiger partial charge in [0.1, 0.15) is 5.75 Å². The van der Waals surface area contributed by atoms with Gasteiger partial charge in [-0.05, 0) is 65.5 Å². The summed E-state index contributed by atoms with van der Waals surface area (Å²) in [5, 5.41) is 2.86. The molecular formula is C19H22BrNO2. The molecular weight excluding hydrogens is 354 g/mol. The number of anilines is 1. The molecule has 0 aliphatic rings. The topological polar surface area (TPSA) is 38.3 Å². The number of rotatable bonds is 7. The van der Waals surface area contributed by atoms with Crippen LogP contribution in [0, 0.1) is 6.92 Å². The average molecular weight is 376 g/mol. The zero-order chi connectivity index (χ0) is 16.7. The Kier molecular flexibility index (Phi) is 6.66. The number of unbranched alkanes of at least 4 members (excludes halogenated alkanes) is 1. The fourth-order valence-corrected chi connectivity index (χ4v) is 2.69. The lowest BCUT2D eigenvalue weighted by Gasteiger charge is -2.10. The van der Waals surface area contributed by atoms with Crippen molar-refractivity contribution < 1.29 is 9.53 Å². The smallest absolute Gasteiger partial charge is 0.262 e. The van der Waals surface area contributed by atoms with Gasteiger partial charge in [0.2, 0.25) is 0 Å². The van der Waals surface area contributed by atoms with Crippen molar-refractivity contribution in [3.8, 4) is 5.75 Å². The number of ether oxygens (including phenoxy) is 1. The van der Waals surface area contributed by atoms with Crippen molar-refractivity contribution >= 4 is 27.5 Å². The standard InChI is InChI=1S/C19H22BrNO2/c1-3-4-5-15-8-11-18(17(20)12-15)21-19(22)13-23-16-9-6-14(2)7-10-16/h6-12H,3-5,13H2,1-2H3,(H,21,22). The molecule has 0 aromatic heterocycles. The van der Waals surface area contributed by atoms with Crippen molar-refractivity contribution in [2.24, 2.45) is 0 Å². The lowest BCUT2D eigenvalue weighted by atomic mass is 10.1. The predicted molar refractivity (Wildman–Crippen MR) is 98.1 cm³/mol. The van der Waals surface area contributed by atoms with Gasteiger partial charge in [-0.3, -0.25) is 4.79 Å². The highest BCUT2D eigenvalue weighted by molar-refractivity contribution is 9.10. The van der Waals surface area contributed by atoms with E-state index in [0.717, 1.165) is 22.1 Å². The van der Waals surface area contributed by atoms with Gasteiger partial charge in [-0.1, -0.05) is 37.1 Å². The molecule has 0 saturated carbocycles. The quantitative estimate of drug-likeness (QED) is 0.729. The van der Waals surface area contributed by atoms with E-state index in [9.17, 15) is 4.79 Å². The molecule has 2 rings (SSSR count). The molecule has 1 amide bonds. The summed E-state index contributed by atoms with van der Waals surface area (Å²) in [6, 6.07) is 13.7. The number of hydrogen-bond donors (Lipinski definition) is 1. The lowest BCUT2D eigenvalue weighted by Crippen LogP contribution is -2.20. The molecule has 0 unspecified atom stereocenters. The van der Waals surface area contributed by atoms with Crippen LogP contribution in [-0.2, 0) is 11.2 Å². The van der Waals surface area contributed by atoms with Crippen LogP contribution >= 0.6 is 15.9 Å². The van der Waals surface area contributed by atoms with Crippen LogP contribution in [0.15, 0.2) is 46.9 Å². The Morgan fingerprint density at radius 3 is 2.57 bits per heavy atom. The summed E-state index contributed by atoms with van der Waals surface area (Å²) in [5.41, 5.74) is 3.20. The first-order chi connectivity index (χ1) is 11.1. The van der Waals surface area contributed by atoms with Crippen molar-refractivity contribution in [1.29, 1.82) is 0 Å². The molecule has 2 aromatic carbocycles. The summed E-state index contributed by atoms with van der Waals surface area (Å²) in [7, 11) is 0. The molecule has 0 bridgehead atoms. The van der Waals surface area contributed by atoms with Gasteiger partial charge in [0, 0.05) is 4.47 Å². The lowest BCUT2D eigenvalue weighted by molar-refractivity contribution is -0.118. The minimum Gasteiger partial charge on any atom is -0.484 e. The SMILES string of the molecule is CCCCc1ccc(NC(=O)COc2ccc(C)cc2)c(Br)c1. The van der Waals surface area contributed by atoms with Crippen molar-refractivity contribution in [2.45, 2.75) is 33.1 Å². The number of hydrogen-bond acceptors (Lipinski definition) is 2. The molecule has 3 nitrogen and oxygen atoms in total. The highest BCUT2D eigenvalue weighted by atomic mass is 79.9.